The van der Waals surface area contributed by atoms with Crippen LogP contribution in [0, 0.1) is 0 Å². The molecule has 0 spiro atoms. The van der Waals surface area contributed by atoms with Crippen LogP contribution < -0.4 is 5.46 Å². The van der Waals surface area contributed by atoms with Crippen LogP contribution in [-0.4, -0.2) is 23.4 Å². The Hall–Kier alpha value is -0.835. The lowest BCUT2D eigenvalue weighted by atomic mass is 9.73. The van der Waals surface area contributed by atoms with Crippen molar-refractivity contribution in [1.29, 1.82) is 0 Å². The Morgan fingerprint density at radius 1 is 1.10 bits per heavy atom. The van der Waals surface area contributed by atoms with Gasteiger partial charge in [-0.05, 0) is 64.6 Å². The van der Waals surface area contributed by atoms with Gasteiger partial charge in [-0.15, -0.1) is 0 Å². The predicted molar refractivity (Wildman–Crippen MR) is 86.8 cm³/mol. The normalized spacial score (nSPS) is 20.9. The molecule has 1 aliphatic heterocycles. The van der Waals surface area contributed by atoms with Gasteiger partial charge >= 0.3 is 7.12 Å². The number of aryl methyl sites for hydroxylation is 1. The number of rotatable bonds is 3. The lowest BCUT2D eigenvalue weighted by Crippen LogP contribution is -2.41. The van der Waals surface area contributed by atoms with E-state index in [-0.39, 0.29) is 18.3 Å². The van der Waals surface area contributed by atoms with Gasteiger partial charge in [0.25, 0.3) is 0 Å². The van der Waals surface area contributed by atoms with E-state index in [1.807, 2.05) is 12.1 Å². The van der Waals surface area contributed by atoms with Gasteiger partial charge in [0.1, 0.15) is 0 Å². The highest BCUT2D eigenvalue weighted by Gasteiger charge is 2.52. The molecular formula is C17H27BO3. The second kappa shape index (κ2) is 5.11. The van der Waals surface area contributed by atoms with Gasteiger partial charge in [0, 0.05) is 0 Å². The molecule has 3 nitrogen and oxygen atoms in total. The smallest absolute Gasteiger partial charge is 0.399 e. The summed E-state index contributed by atoms with van der Waals surface area (Å²) in [5.74, 6) is 0. The van der Waals surface area contributed by atoms with E-state index in [4.69, 9.17) is 9.31 Å². The maximum absolute atomic E-state index is 10.2. The standard InChI is InChI=1S/C17H27BO3/c1-8-12-9-10-13(15(2,3)19)11-14(12)18-20-16(4,5)17(6,7)21-18/h9-11,19H,8H2,1-7H3. The summed E-state index contributed by atoms with van der Waals surface area (Å²) in [6.07, 6.45) is 0.908. The van der Waals surface area contributed by atoms with Gasteiger partial charge in [-0.2, -0.15) is 0 Å². The molecule has 1 saturated heterocycles. The Kier molecular flexibility index (Phi) is 4.03. The van der Waals surface area contributed by atoms with Gasteiger partial charge < -0.3 is 14.4 Å². The van der Waals surface area contributed by atoms with Crippen LogP contribution in [0.25, 0.3) is 0 Å². The third kappa shape index (κ3) is 3.03. The Morgan fingerprint density at radius 3 is 2.05 bits per heavy atom. The molecule has 0 aromatic heterocycles. The SMILES string of the molecule is CCc1ccc(C(C)(C)O)cc1B1OC(C)(C)C(C)(C)O1. The molecule has 0 atom stereocenters. The fraction of sp³-hybridized carbons (Fsp3) is 0.647. The highest BCUT2D eigenvalue weighted by Crippen LogP contribution is 2.37. The molecule has 21 heavy (non-hydrogen) atoms. The summed E-state index contributed by atoms with van der Waals surface area (Å²) in [5, 5.41) is 10.2. The van der Waals surface area contributed by atoms with Crippen molar-refractivity contribution >= 4 is 12.6 Å². The minimum atomic E-state index is -0.870. The van der Waals surface area contributed by atoms with Crippen molar-refractivity contribution in [3.8, 4) is 0 Å². The first-order chi connectivity index (χ1) is 9.48. The summed E-state index contributed by atoms with van der Waals surface area (Å²) >= 11 is 0. The molecule has 1 fully saturated rings. The number of benzene rings is 1. The van der Waals surface area contributed by atoms with Crippen LogP contribution in [0.15, 0.2) is 18.2 Å². The molecular weight excluding hydrogens is 263 g/mol. The van der Waals surface area contributed by atoms with E-state index in [9.17, 15) is 5.11 Å². The molecule has 0 radical (unpaired) electrons. The Morgan fingerprint density at radius 2 is 1.62 bits per heavy atom. The first-order valence-electron chi connectivity index (χ1n) is 7.69. The fourth-order valence-electron chi connectivity index (χ4n) is 2.49. The number of hydrogen-bond acceptors (Lipinski definition) is 3. The van der Waals surface area contributed by atoms with Crippen LogP contribution in [-0.2, 0) is 21.3 Å². The third-order valence-corrected chi connectivity index (χ3v) is 4.74. The molecule has 1 N–H and O–H groups in total. The van der Waals surface area contributed by atoms with Crippen LogP contribution in [0.3, 0.4) is 0 Å². The van der Waals surface area contributed by atoms with Gasteiger partial charge in [0.2, 0.25) is 0 Å². The maximum atomic E-state index is 10.2. The molecule has 0 saturated carbocycles. The molecule has 1 aliphatic rings. The van der Waals surface area contributed by atoms with E-state index in [1.165, 1.54) is 5.56 Å². The van der Waals surface area contributed by atoms with E-state index in [0.29, 0.717) is 0 Å². The zero-order valence-electron chi connectivity index (χ0n) is 14.3. The van der Waals surface area contributed by atoms with Crippen molar-refractivity contribution in [2.45, 2.75) is 71.7 Å². The van der Waals surface area contributed by atoms with Crippen LogP contribution in [0.5, 0.6) is 0 Å². The van der Waals surface area contributed by atoms with Gasteiger partial charge in [0.15, 0.2) is 0 Å². The minimum absolute atomic E-state index is 0.354. The molecule has 1 aromatic carbocycles. The van der Waals surface area contributed by atoms with Gasteiger partial charge in [-0.3, -0.25) is 0 Å². The molecule has 0 amide bonds. The number of hydrogen-bond donors (Lipinski definition) is 1. The molecule has 1 aromatic rings. The highest BCUT2D eigenvalue weighted by atomic mass is 16.7. The van der Waals surface area contributed by atoms with Crippen molar-refractivity contribution in [3.63, 3.8) is 0 Å². The summed E-state index contributed by atoms with van der Waals surface area (Å²) in [6, 6.07) is 6.06. The van der Waals surface area contributed by atoms with E-state index >= 15 is 0 Å². The van der Waals surface area contributed by atoms with Crippen molar-refractivity contribution in [2.24, 2.45) is 0 Å². The summed E-state index contributed by atoms with van der Waals surface area (Å²) in [6.45, 7) is 13.9. The summed E-state index contributed by atoms with van der Waals surface area (Å²) in [4.78, 5) is 0. The third-order valence-electron chi connectivity index (χ3n) is 4.74. The second-order valence-corrected chi connectivity index (χ2v) is 7.41. The molecule has 1 heterocycles. The zero-order valence-corrected chi connectivity index (χ0v) is 14.3. The lowest BCUT2D eigenvalue weighted by molar-refractivity contribution is 0.00578. The second-order valence-electron chi connectivity index (χ2n) is 7.41. The van der Waals surface area contributed by atoms with Crippen molar-refractivity contribution in [3.05, 3.63) is 29.3 Å². The van der Waals surface area contributed by atoms with Crippen LogP contribution >= 0.6 is 0 Å². The Balaban J connectivity index is 2.44. The Labute approximate surface area is 128 Å². The van der Waals surface area contributed by atoms with E-state index in [2.05, 4.69) is 40.7 Å². The Bertz CT molecular complexity index is 513. The van der Waals surface area contributed by atoms with Crippen molar-refractivity contribution < 1.29 is 14.4 Å². The van der Waals surface area contributed by atoms with Crippen LogP contribution in [0.4, 0.5) is 0 Å². The molecule has 0 unspecified atom stereocenters. The van der Waals surface area contributed by atoms with Crippen LogP contribution in [0.2, 0.25) is 0 Å². The average molecular weight is 290 g/mol. The molecule has 2 rings (SSSR count). The minimum Gasteiger partial charge on any atom is -0.399 e. The summed E-state index contributed by atoms with van der Waals surface area (Å²) in [5.41, 5.74) is 1.52. The molecule has 0 aliphatic carbocycles. The van der Waals surface area contributed by atoms with Crippen molar-refractivity contribution in [1.82, 2.24) is 0 Å². The zero-order chi connectivity index (χ0) is 16.1. The highest BCUT2D eigenvalue weighted by molar-refractivity contribution is 6.62. The lowest BCUT2D eigenvalue weighted by Gasteiger charge is -2.32. The fourth-order valence-corrected chi connectivity index (χ4v) is 2.49. The first-order valence-corrected chi connectivity index (χ1v) is 7.69. The topological polar surface area (TPSA) is 38.7 Å². The van der Waals surface area contributed by atoms with Gasteiger partial charge in [-0.1, -0.05) is 25.1 Å². The maximum Gasteiger partial charge on any atom is 0.495 e. The van der Waals surface area contributed by atoms with Gasteiger partial charge in [0.05, 0.1) is 16.8 Å². The van der Waals surface area contributed by atoms with Gasteiger partial charge in [-0.25, -0.2) is 0 Å². The predicted octanol–water partition coefficient (Wildman–Crippen LogP) is 2.78. The first kappa shape index (κ1) is 16.5. The van der Waals surface area contributed by atoms with E-state index in [0.717, 1.165) is 17.4 Å². The average Bonchev–Trinajstić information content (AvgIpc) is 2.56. The largest absolute Gasteiger partial charge is 0.495 e. The quantitative estimate of drug-likeness (QED) is 0.870. The molecule has 116 valence electrons. The van der Waals surface area contributed by atoms with E-state index < -0.39 is 5.60 Å². The summed E-state index contributed by atoms with van der Waals surface area (Å²) in [7, 11) is -0.382. The monoisotopic (exact) mass is 290 g/mol. The number of aliphatic hydroxyl groups is 1. The molecule has 4 heteroatoms. The van der Waals surface area contributed by atoms with Crippen LogP contribution in [0.1, 0.15) is 59.6 Å². The van der Waals surface area contributed by atoms with Crippen molar-refractivity contribution in [2.75, 3.05) is 0 Å². The summed E-state index contributed by atoms with van der Waals surface area (Å²) < 4.78 is 12.3. The molecule has 0 bridgehead atoms. The van der Waals surface area contributed by atoms with E-state index in [1.54, 1.807) is 13.8 Å².